The molecule has 1 saturated heterocycles. The van der Waals surface area contributed by atoms with Crippen LogP contribution in [0, 0.1) is 5.92 Å². The average molecular weight is 351 g/mol. The SMILES string of the molecule is NCCc1ccc(N2CCC(C(F)(F)F)CC2)cc1Br. The van der Waals surface area contributed by atoms with E-state index in [-0.39, 0.29) is 12.8 Å². The van der Waals surface area contributed by atoms with E-state index in [1.807, 2.05) is 23.1 Å². The quantitative estimate of drug-likeness (QED) is 0.899. The van der Waals surface area contributed by atoms with Gasteiger partial charge in [0.15, 0.2) is 0 Å². The second-order valence-corrected chi connectivity index (χ2v) is 5.97. The maximum Gasteiger partial charge on any atom is 0.391 e. The van der Waals surface area contributed by atoms with E-state index in [0.717, 1.165) is 22.1 Å². The van der Waals surface area contributed by atoms with Crippen molar-refractivity contribution in [1.82, 2.24) is 0 Å². The lowest BCUT2D eigenvalue weighted by atomic mass is 9.96. The molecule has 2 nitrogen and oxygen atoms in total. The molecular formula is C14H18BrF3N2. The van der Waals surface area contributed by atoms with Gasteiger partial charge in [-0.2, -0.15) is 13.2 Å². The van der Waals surface area contributed by atoms with Gasteiger partial charge in [0.2, 0.25) is 0 Å². The first-order valence-corrected chi connectivity index (χ1v) is 7.51. The maximum atomic E-state index is 12.6. The Hall–Kier alpha value is -0.750. The predicted molar refractivity (Wildman–Crippen MR) is 77.9 cm³/mol. The molecule has 0 aliphatic carbocycles. The second-order valence-electron chi connectivity index (χ2n) is 5.12. The molecule has 0 aromatic heterocycles. The van der Waals surface area contributed by atoms with Crippen LogP contribution in [0.5, 0.6) is 0 Å². The van der Waals surface area contributed by atoms with Gasteiger partial charge < -0.3 is 10.6 Å². The second kappa shape index (κ2) is 6.35. The summed E-state index contributed by atoms with van der Waals surface area (Å²) in [6.45, 7) is 1.48. The standard InChI is InChI=1S/C14H18BrF3N2/c15-13-9-12(2-1-10(13)3-6-19)20-7-4-11(5-8-20)14(16,17)18/h1-2,9,11H,3-8,19H2. The molecule has 0 spiro atoms. The molecule has 112 valence electrons. The summed E-state index contributed by atoms with van der Waals surface area (Å²) in [7, 11) is 0. The van der Waals surface area contributed by atoms with Gasteiger partial charge in [-0.15, -0.1) is 0 Å². The molecule has 0 bridgehead atoms. The highest BCUT2D eigenvalue weighted by Crippen LogP contribution is 2.36. The molecule has 0 saturated carbocycles. The number of piperidine rings is 1. The fourth-order valence-electron chi connectivity index (χ4n) is 2.56. The zero-order chi connectivity index (χ0) is 14.8. The van der Waals surface area contributed by atoms with Gasteiger partial charge in [-0.05, 0) is 43.5 Å². The van der Waals surface area contributed by atoms with Gasteiger partial charge in [-0.1, -0.05) is 22.0 Å². The lowest BCUT2D eigenvalue weighted by molar-refractivity contribution is -0.179. The molecule has 0 atom stereocenters. The maximum absolute atomic E-state index is 12.6. The Morgan fingerprint density at radius 2 is 1.90 bits per heavy atom. The first kappa shape index (κ1) is 15.6. The van der Waals surface area contributed by atoms with Crippen LogP contribution in [0.25, 0.3) is 0 Å². The Balaban J connectivity index is 2.02. The number of benzene rings is 1. The van der Waals surface area contributed by atoms with Gasteiger partial charge in [0.05, 0.1) is 5.92 Å². The number of alkyl halides is 3. The smallest absolute Gasteiger partial charge is 0.371 e. The predicted octanol–water partition coefficient (Wildman–Crippen LogP) is 3.73. The third-order valence-corrected chi connectivity index (χ3v) is 4.51. The summed E-state index contributed by atoms with van der Waals surface area (Å²) in [5.41, 5.74) is 7.63. The highest BCUT2D eigenvalue weighted by Gasteiger charge is 2.41. The van der Waals surface area contributed by atoms with Crippen LogP contribution in [0.2, 0.25) is 0 Å². The van der Waals surface area contributed by atoms with Gasteiger partial charge in [0, 0.05) is 23.2 Å². The fourth-order valence-corrected chi connectivity index (χ4v) is 3.12. The number of hydrogen-bond acceptors (Lipinski definition) is 2. The first-order valence-electron chi connectivity index (χ1n) is 6.72. The van der Waals surface area contributed by atoms with E-state index in [0.29, 0.717) is 19.6 Å². The largest absolute Gasteiger partial charge is 0.391 e. The van der Waals surface area contributed by atoms with Crippen LogP contribution >= 0.6 is 15.9 Å². The van der Waals surface area contributed by atoms with Crippen molar-refractivity contribution in [3.63, 3.8) is 0 Å². The lowest BCUT2D eigenvalue weighted by Crippen LogP contribution is -2.39. The van der Waals surface area contributed by atoms with Crippen LogP contribution < -0.4 is 10.6 Å². The number of nitrogens with two attached hydrogens (primary N) is 1. The van der Waals surface area contributed by atoms with Crippen molar-refractivity contribution < 1.29 is 13.2 Å². The highest BCUT2D eigenvalue weighted by atomic mass is 79.9. The Morgan fingerprint density at radius 3 is 2.40 bits per heavy atom. The highest BCUT2D eigenvalue weighted by molar-refractivity contribution is 9.10. The van der Waals surface area contributed by atoms with Gasteiger partial charge in [0.1, 0.15) is 0 Å². The number of halogens is 4. The van der Waals surface area contributed by atoms with Crippen LogP contribution in [-0.4, -0.2) is 25.8 Å². The average Bonchev–Trinajstić information content (AvgIpc) is 2.40. The van der Waals surface area contributed by atoms with Gasteiger partial charge in [0.25, 0.3) is 0 Å². The molecule has 0 radical (unpaired) electrons. The van der Waals surface area contributed by atoms with E-state index in [1.165, 1.54) is 0 Å². The number of rotatable bonds is 3. The summed E-state index contributed by atoms with van der Waals surface area (Å²) < 4.78 is 38.9. The third kappa shape index (κ3) is 3.67. The Morgan fingerprint density at radius 1 is 1.25 bits per heavy atom. The van der Waals surface area contributed by atoms with Crippen LogP contribution in [0.4, 0.5) is 18.9 Å². The fraction of sp³-hybridized carbons (Fsp3) is 0.571. The Labute approximate surface area is 125 Å². The van der Waals surface area contributed by atoms with Crippen molar-refractivity contribution >= 4 is 21.6 Å². The first-order chi connectivity index (χ1) is 9.41. The summed E-state index contributed by atoms with van der Waals surface area (Å²) in [6, 6.07) is 5.92. The minimum atomic E-state index is -4.06. The molecule has 20 heavy (non-hydrogen) atoms. The van der Waals surface area contributed by atoms with E-state index in [4.69, 9.17) is 5.73 Å². The molecule has 1 aliphatic rings. The van der Waals surface area contributed by atoms with Gasteiger partial charge >= 0.3 is 6.18 Å². The zero-order valence-electron chi connectivity index (χ0n) is 11.1. The third-order valence-electron chi connectivity index (χ3n) is 3.77. The van der Waals surface area contributed by atoms with Crippen molar-refractivity contribution in [2.75, 3.05) is 24.5 Å². The van der Waals surface area contributed by atoms with Crippen molar-refractivity contribution in [1.29, 1.82) is 0 Å². The van der Waals surface area contributed by atoms with E-state index >= 15 is 0 Å². The van der Waals surface area contributed by atoms with E-state index in [9.17, 15) is 13.2 Å². The summed E-state index contributed by atoms with van der Waals surface area (Å²) in [5, 5.41) is 0. The summed E-state index contributed by atoms with van der Waals surface area (Å²) >= 11 is 3.50. The molecule has 1 aromatic carbocycles. The van der Waals surface area contributed by atoms with Gasteiger partial charge in [-0.3, -0.25) is 0 Å². The molecule has 1 aliphatic heterocycles. The molecule has 1 aromatic rings. The van der Waals surface area contributed by atoms with Crippen LogP contribution in [0.1, 0.15) is 18.4 Å². The molecule has 0 amide bonds. The number of anilines is 1. The van der Waals surface area contributed by atoms with Crippen LogP contribution in [-0.2, 0) is 6.42 Å². The normalized spacial score (nSPS) is 17.6. The van der Waals surface area contributed by atoms with Crippen molar-refractivity contribution in [3.8, 4) is 0 Å². The minimum Gasteiger partial charge on any atom is -0.371 e. The van der Waals surface area contributed by atoms with E-state index < -0.39 is 12.1 Å². The molecule has 6 heteroatoms. The molecule has 2 N–H and O–H groups in total. The Bertz CT molecular complexity index is 454. The molecule has 1 fully saturated rings. The van der Waals surface area contributed by atoms with E-state index in [1.54, 1.807) is 0 Å². The lowest BCUT2D eigenvalue weighted by Gasteiger charge is -2.34. The van der Waals surface area contributed by atoms with Gasteiger partial charge in [-0.25, -0.2) is 0 Å². The minimum absolute atomic E-state index is 0.172. The molecule has 1 heterocycles. The number of nitrogens with zero attached hydrogens (tertiary/aromatic N) is 1. The van der Waals surface area contributed by atoms with Crippen molar-refractivity contribution in [3.05, 3.63) is 28.2 Å². The molecule has 0 unspecified atom stereocenters. The zero-order valence-corrected chi connectivity index (χ0v) is 12.7. The van der Waals surface area contributed by atoms with Crippen LogP contribution in [0.15, 0.2) is 22.7 Å². The van der Waals surface area contributed by atoms with E-state index in [2.05, 4.69) is 15.9 Å². The van der Waals surface area contributed by atoms with Crippen molar-refractivity contribution in [2.45, 2.75) is 25.4 Å². The summed E-state index contributed by atoms with van der Waals surface area (Å²) in [5.74, 6) is -1.15. The topological polar surface area (TPSA) is 29.3 Å². The van der Waals surface area contributed by atoms with Crippen molar-refractivity contribution in [2.24, 2.45) is 11.7 Å². The summed E-state index contributed by atoms with van der Waals surface area (Å²) in [6.07, 6.45) is -2.92. The number of hydrogen-bond donors (Lipinski definition) is 1. The molecular weight excluding hydrogens is 333 g/mol. The Kier molecular flexibility index (Phi) is 4.96. The monoisotopic (exact) mass is 350 g/mol. The van der Waals surface area contributed by atoms with Crippen LogP contribution in [0.3, 0.4) is 0 Å². The molecule has 2 rings (SSSR count). The summed E-state index contributed by atoms with van der Waals surface area (Å²) in [4.78, 5) is 2.01.